The van der Waals surface area contributed by atoms with E-state index in [1.165, 1.54) is 4.90 Å². The number of carboxylic acid groups (broad SMARTS) is 1. The number of carbonyl (C=O) groups excluding carboxylic acids is 2. The average molecular weight is 535 g/mol. The summed E-state index contributed by atoms with van der Waals surface area (Å²) in [6.45, 7) is 5.46. The van der Waals surface area contributed by atoms with E-state index in [1.54, 1.807) is 52.8 Å². The third kappa shape index (κ3) is 6.22. The Balaban J connectivity index is 1.68. The Morgan fingerprint density at radius 1 is 0.974 bits per heavy atom. The molecule has 0 unspecified atom stereocenters. The molecule has 4 rings (SSSR count). The van der Waals surface area contributed by atoms with Crippen LogP contribution in [-0.4, -0.2) is 55.5 Å². The Labute approximate surface area is 227 Å². The fourth-order valence-electron chi connectivity index (χ4n) is 4.47. The van der Waals surface area contributed by atoms with Crippen LogP contribution in [0.2, 0.25) is 0 Å². The molecule has 9 heteroatoms. The SMILES string of the molecule is CCCCc1ncc(C=C2C(=O)N(CCCC)C(=O)N2CCc2ccsc2)n1Cc1ccc(C(=O)O)cc1. The number of unbranched alkanes of at least 4 members (excludes halogenated alkanes) is 2. The van der Waals surface area contributed by atoms with Gasteiger partial charge in [-0.05, 0) is 65.4 Å². The summed E-state index contributed by atoms with van der Waals surface area (Å²) in [6, 6.07) is 8.55. The van der Waals surface area contributed by atoms with Gasteiger partial charge in [0.15, 0.2) is 0 Å². The molecular formula is C29H34N4O4S. The second-order valence-electron chi connectivity index (χ2n) is 9.45. The summed E-state index contributed by atoms with van der Waals surface area (Å²) in [5.41, 5.74) is 3.41. The van der Waals surface area contributed by atoms with E-state index >= 15 is 0 Å². The van der Waals surface area contributed by atoms with Crippen LogP contribution in [0, 0.1) is 0 Å². The lowest BCUT2D eigenvalue weighted by atomic mass is 10.1. The lowest BCUT2D eigenvalue weighted by Crippen LogP contribution is -2.34. The predicted molar refractivity (Wildman–Crippen MR) is 148 cm³/mol. The van der Waals surface area contributed by atoms with Crippen LogP contribution < -0.4 is 0 Å². The van der Waals surface area contributed by atoms with Crippen molar-refractivity contribution in [1.29, 1.82) is 0 Å². The van der Waals surface area contributed by atoms with Crippen molar-refractivity contribution in [3.8, 4) is 0 Å². The first-order valence-electron chi connectivity index (χ1n) is 13.2. The van der Waals surface area contributed by atoms with Crippen molar-refractivity contribution in [3.63, 3.8) is 0 Å². The molecule has 3 aromatic rings. The molecule has 0 radical (unpaired) electrons. The molecule has 3 heterocycles. The molecule has 0 atom stereocenters. The van der Waals surface area contributed by atoms with Crippen LogP contribution >= 0.6 is 11.3 Å². The van der Waals surface area contributed by atoms with Crippen LogP contribution in [0.3, 0.4) is 0 Å². The highest BCUT2D eigenvalue weighted by molar-refractivity contribution is 7.07. The number of carbonyl (C=O) groups is 3. The van der Waals surface area contributed by atoms with Crippen molar-refractivity contribution >= 4 is 35.3 Å². The van der Waals surface area contributed by atoms with Crippen molar-refractivity contribution in [1.82, 2.24) is 19.4 Å². The molecule has 1 aromatic carbocycles. The zero-order chi connectivity index (χ0) is 27.1. The minimum atomic E-state index is -0.965. The number of carboxylic acids is 1. The number of rotatable bonds is 13. The zero-order valence-electron chi connectivity index (χ0n) is 21.9. The summed E-state index contributed by atoms with van der Waals surface area (Å²) in [5.74, 6) is -0.347. The fraction of sp³-hybridized carbons (Fsp3) is 0.379. The summed E-state index contributed by atoms with van der Waals surface area (Å²) >= 11 is 1.61. The molecular weight excluding hydrogens is 500 g/mol. The molecule has 200 valence electrons. The number of imidazole rings is 1. The highest BCUT2D eigenvalue weighted by Gasteiger charge is 2.40. The standard InChI is InChI=1S/C29H34N4O4S/c1-3-5-7-26-30-18-24(33(26)19-21-8-10-23(11-9-21)28(35)36)17-25-27(34)32(14-6-4-2)29(37)31(25)15-12-22-13-16-38-20-22/h8-11,13,16-18,20H,3-7,12,14-15,19H2,1-2H3,(H,35,36). The van der Waals surface area contributed by atoms with Crippen molar-refractivity contribution in [2.24, 2.45) is 0 Å². The molecule has 1 aliphatic heterocycles. The van der Waals surface area contributed by atoms with Crippen LogP contribution in [0.25, 0.3) is 6.08 Å². The third-order valence-electron chi connectivity index (χ3n) is 6.71. The normalized spacial score (nSPS) is 14.7. The molecule has 0 saturated carbocycles. The van der Waals surface area contributed by atoms with E-state index < -0.39 is 5.97 Å². The lowest BCUT2D eigenvalue weighted by molar-refractivity contribution is -0.123. The Bertz CT molecular complexity index is 1290. The smallest absolute Gasteiger partial charge is 0.335 e. The van der Waals surface area contributed by atoms with Gasteiger partial charge in [0.1, 0.15) is 11.5 Å². The van der Waals surface area contributed by atoms with Gasteiger partial charge in [-0.25, -0.2) is 14.6 Å². The lowest BCUT2D eigenvalue weighted by Gasteiger charge is -2.17. The number of nitrogens with zero attached hydrogens (tertiary/aromatic N) is 4. The van der Waals surface area contributed by atoms with Crippen molar-refractivity contribution in [2.75, 3.05) is 13.1 Å². The fourth-order valence-corrected chi connectivity index (χ4v) is 5.17. The first kappa shape index (κ1) is 27.3. The van der Waals surface area contributed by atoms with Gasteiger partial charge in [0, 0.05) is 26.1 Å². The second kappa shape index (κ2) is 12.7. The number of hydrogen-bond acceptors (Lipinski definition) is 5. The van der Waals surface area contributed by atoms with Gasteiger partial charge >= 0.3 is 12.0 Å². The number of aryl methyl sites for hydroxylation is 1. The summed E-state index contributed by atoms with van der Waals surface area (Å²) in [6.07, 6.45) is 8.63. The van der Waals surface area contributed by atoms with Gasteiger partial charge in [-0.1, -0.05) is 38.8 Å². The maximum atomic E-state index is 13.5. The van der Waals surface area contributed by atoms with Crippen LogP contribution in [0.4, 0.5) is 4.79 Å². The largest absolute Gasteiger partial charge is 0.478 e. The van der Waals surface area contributed by atoms with E-state index in [4.69, 9.17) is 0 Å². The number of amides is 3. The Morgan fingerprint density at radius 3 is 2.39 bits per heavy atom. The third-order valence-corrected chi connectivity index (χ3v) is 7.44. The monoisotopic (exact) mass is 534 g/mol. The number of aromatic carboxylic acids is 1. The highest BCUT2D eigenvalue weighted by Crippen LogP contribution is 2.26. The van der Waals surface area contributed by atoms with Gasteiger partial charge in [-0.2, -0.15) is 11.3 Å². The molecule has 3 amide bonds. The van der Waals surface area contributed by atoms with Crippen LogP contribution in [0.5, 0.6) is 0 Å². The van der Waals surface area contributed by atoms with E-state index in [9.17, 15) is 19.5 Å². The molecule has 1 aliphatic rings. The topological polar surface area (TPSA) is 95.7 Å². The Morgan fingerprint density at radius 2 is 1.74 bits per heavy atom. The number of urea groups is 1. The van der Waals surface area contributed by atoms with Gasteiger partial charge in [0.25, 0.3) is 5.91 Å². The minimum absolute atomic E-state index is 0.233. The van der Waals surface area contributed by atoms with Gasteiger partial charge in [0.05, 0.1) is 17.5 Å². The van der Waals surface area contributed by atoms with E-state index in [1.807, 2.05) is 18.4 Å². The summed E-state index contributed by atoms with van der Waals surface area (Å²) in [5, 5.41) is 13.3. The van der Waals surface area contributed by atoms with E-state index in [2.05, 4.69) is 21.9 Å². The Hall–Kier alpha value is -3.72. The predicted octanol–water partition coefficient (Wildman–Crippen LogP) is 5.68. The maximum absolute atomic E-state index is 13.5. The summed E-state index contributed by atoms with van der Waals surface area (Å²) in [4.78, 5) is 45.7. The van der Waals surface area contributed by atoms with E-state index in [-0.39, 0.29) is 17.5 Å². The van der Waals surface area contributed by atoms with Crippen LogP contribution in [0.15, 0.2) is 53.0 Å². The molecule has 1 saturated heterocycles. The number of benzene rings is 1. The van der Waals surface area contributed by atoms with E-state index in [0.717, 1.165) is 54.7 Å². The molecule has 0 spiro atoms. The molecule has 1 N–H and O–H groups in total. The summed E-state index contributed by atoms with van der Waals surface area (Å²) < 4.78 is 2.06. The van der Waals surface area contributed by atoms with E-state index in [0.29, 0.717) is 31.8 Å². The first-order chi connectivity index (χ1) is 18.4. The number of thiophene rings is 1. The maximum Gasteiger partial charge on any atom is 0.335 e. The molecule has 2 aromatic heterocycles. The van der Waals surface area contributed by atoms with Gasteiger partial charge in [0.2, 0.25) is 0 Å². The molecule has 38 heavy (non-hydrogen) atoms. The Kier molecular flexibility index (Phi) is 9.12. The quantitative estimate of drug-likeness (QED) is 0.225. The van der Waals surface area contributed by atoms with Crippen molar-refractivity contribution < 1.29 is 19.5 Å². The number of hydrogen-bond donors (Lipinski definition) is 1. The van der Waals surface area contributed by atoms with Gasteiger partial charge < -0.3 is 9.67 Å². The number of imide groups is 1. The van der Waals surface area contributed by atoms with Gasteiger partial charge in [-0.3, -0.25) is 14.6 Å². The zero-order valence-corrected chi connectivity index (χ0v) is 22.7. The average Bonchev–Trinajstić information content (AvgIpc) is 3.62. The molecule has 8 nitrogen and oxygen atoms in total. The second-order valence-corrected chi connectivity index (χ2v) is 10.2. The van der Waals surface area contributed by atoms with Crippen LogP contribution in [0.1, 0.15) is 72.5 Å². The molecule has 1 fully saturated rings. The molecule has 0 aliphatic carbocycles. The van der Waals surface area contributed by atoms with Crippen molar-refractivity contribution in [2.45, 2.75) is 58.9 Å². The van der Waals surface area contributed by atoms with Crippen LogP contribution in [-0.2, 0) is 24.2 Å². The molecule has 0 bridgehead atoms. The number of aromatic nitrogens is 2. The van der Waals surface area contributed by atoms with Gasteiger partial charge in [-0.15, -0.1) is 0 Å². The highest BCUT2D eigenvalue weighted by atomic mass is 32.1. The van der Waals surface area contributed by atoms with Crippen molar-refractivity contribution in [3.05, 3.63) is 81.2 Å². The summed E-state index contributed by atoms with van der Waals surface area (Å²) in [7, 11) is 0. The first-order valence-corrected chi connectivity index (χ1v) is 14.1. The minimum Gasteiger partial charge on any atom is -0.478 e.